The average molecular weight is 341 g/mol. The fourth-order valence-corrected chi connectivity index (χ4v) is 3.83. The first-order chi connectivity index (χ1) is 10.8. The molecule has 23 heavy (non-hydrogen) atoms. The van der Waals surface area contributed by atoms with Crippen LogP contribution in [-0.4, -0.2) is 40.0 Å². The first kappa shape index (κ1) is 18.3. The van der Waals surface area contributed by atoms with Crippen molar-refractivity contribution in [2.75, 3.05) is 19.6 Å². The fraction of sp³-hybridized carbons (Fsp3) is 0.765. The molecule has 1 unspecified atom stereocenters. The number of hydrogen-bond donors (Lipinski definition) is 1. The van der Waals surface area contributed by atoms with Crippen molar-refractivity contribution in [3.05, 3.63) is 18.2 Å². The number of imidazole rings is 1. The van der Waals surface area contributed by atoms with Crippen LogP contribution >= 0.6 is 12.4 Å². The second kappa shape index (κ2) is 8.69. The van der Waals surface area contributed by atoms with Crippen molar-refractivity contribution in [2.24, 2.45) is 13.0 Å². The number of aromatic nitrogens is 2. The van der Waals surface area contributed by atoms with Gasteiger partial charge in [-0.3, -0.25) is 4.79 Å². The molecule has 1 saturated carbocycles. The Morgan fingerprint density at radius 1 is 1.22 bits per heavy atom. The van der Waals surface area contributed by atoms with Gasteiger partial charge in [0.1, 0.15) is 11.9 Å². The van der Waals surface area contributed by atoms with Crippen LogP contribution in [0.4, 0.5) is 0 Å². The zero-order valence-corrected chi connectivity index (χ0v) is 14.9. The molecular weight excluding hydrogens is 312 g/mol. The maximum Gasteiger partial charge on any atom is 0.226 e. The molecule has 130 valence electrons. The lowest BCUT2D eigenvalue weighted by molar-refractivity contribution is -0.140. The first-order valence-electron chi connectivity index (χ1n) is 8.76. The largest absolute Gasteiger partial charge is 0.336 e. The summed E-state index contributed by atoms with van der Waals surface area (Å²) in [5.74, 6) is 1.57. The highest BCUT2D eigenvalue weighted by Crippen LogP contribution is 2.28. The molecule has 6 heteroatoms. The molecule has 5 nitrogen and oxygen atoms in total. The summed E-state index contributed by atoms with van der Waals surface area (Å²) in [7, 11) is 2.01. The van der Waals surface area contributed by atoms with Crippen LogP contribution in [0.25, 0.3) is 0 Å². The van der Waals surface area contributed by atoms with Crippen molar-refractivity contribution in [3.8, 4) is 0 Å². The number of aryl methyl sites for hydroxylation is 1. The lowest BCUT2D eigenvalue weighted by Crippen LogP contribution is -2.51. The van der Waals surface area contributed by atoms with Gasteiger partial charge in [0.15, 0.2) is 0 Å². The molecule has 2 fully saturated rings. The first-order valence-corrected chi connectivity index (χ1v) is 8.76. The molecule has 2 aliphatic rings. The summed E-state index contributed by atoms with van der Waals surface area (Å²) in [4.78, 5) is 19.7. The summed E-state index contributed by atoms with van der Waals surface area (Å²) in [5.41, 5.74) is 0. The monoisotopic (exact) mass is 340 g/mol. The minimum absolute atomic E-state index is 0. The second-order valence-electron chi connectivity index (χ2n) is 6.69. The number of amides is 1. The zero-order chi connectivity index (χ0) is 15.4. The molecular formula is C17H29ClN4O. The SMILES string of the molecule is Cl.Cn1ccnc1C1CNCCN1C(=O)C1CCCCCCC1. The molecule has 1 aliphatic carbocycles. The smallest absolute Gasteiger partial charge is 0.226 e. The lowest BCUT2D eigenvalue weighted by atomic mass is 9.89. The maximum absolute atomic E-state index is 13.1. The standard InChI is InChI=1S/C17H28N4O.ClH/c1-20-11-10-19-16(20)15-13-18-9-12-21(15)17(22)14-7-5-3-2-4-6-8-14;/h10-11,14-15,18H,2-9,12-13H2,1H3;1H. The molecule has 1 amide bonds. The van der Waals surface area contributed by atoms with Gasteiger partial charge in [-0.05, 0) is 12.8 Å². The van der Waals surface area contributed by atoms with Crippen molar-refractivity contribution >= 4 is 18.3 Å². The van der Waals surface area contributed by atoms with Crippen molar-refractivity contribution in [1.29, 1.82) is 0 Å². The van der Waals surface area contributed by atoms with Crippen LogP contribution in [0.3, 0.4) is 0 Å². The van der Waals surface area contributed by atoms with Crippen molar-refractivity contribution in [3.63, 3.8) is 0 Å². The van der Waals surface area contributed by atoms with Crippen LogP contribution in [0.15, 0.2) is 12.4 Å². The minimum Gasteiger partial charge on any atom is -0.336 e. The molecule has 0 spiro atoms. The Bertz CT molecular complexity index is 497. The predicted molar refractivity (Wildman–Crippen MR) is 93.6 cm³/mol. The Morgan fingerprint density at radius 3 is 2.57 bits per heavy atom. The zero-order valence-electron chi connectivity index (χ0n) is 14.0. The molecule has 3 rings (SSSR count). The molecule has 1 aliphatic heterocycles. The number of nitrogens with zero attached hydrogens (tertiary/aromatic N) is 3. The third-order valence-electron chi connectivity index (χ3n) is 5.14. The summed E-state index contributed by atoms with van der Waals surface area (Å²) < 4.78 is 2.04. The van der Waals surface area contributed by atoms with Gasteiger partial charge < -0.3 is 14.8 Å². The Hall–Kier alpha value is -1.07. The van der Waals surface area contributed by atoms with E-state index in [1.165, 1.54) is 32.1 Å². The summed E-state index contributed by atoms with van der Waals surface area (Å²) >= 11 is 0. The highest BCUT2D eigenvalue weighted by molar-refractivity contribution is 5.85. The van der Waals surface area contributed by atoms with Gasteiger partial charge in [-0.1, -0.05) is 32.1 Å². The summed E-state index contributed by atoms with van der Waals surface area (Å²) in [6.07, 6.45) is 12.2. The highest BCUT2D eigenvalue weighted by atomic mass is 35.5. The molecule has 1 atom stereocenters. The molecule has 0 aromatic carbocycles. The number of hydrogen-bond acceptors (Lipinski definition) is 3. The maximum atomic E-state index is 13.1. The van der Waals surface area contributed by atoms with E-state index in [0.29, 0.717) is 5.91 Å². The van der Waals surface area contributed by atoms with Gasteiger partial charge in [0.25, 0.3) is 0 Å². The summed E-state index contributed by atoms with van der Waals surface area (Å²) in [6, 6.07) is 0.0756. The van der Waals surface area contributed by atoms with Gasteiger partial charge in [-0.15, -0.1) is 12.4 Å². The number of carbonyl (C=O) groups excluding carboxylic acids is 1. The van der Waals surface area contributed by atoms with E-state index in [0.717, 1.165) is 38.3 Å². The third kappa shape index (κ3) is 4.27. The minimum atomic E-state index is 0. The van der Waals surface area contributed by atoms with Gasteiger partial charge in [0.05, 0.1) is 0 Å². The number of rotatable bonds is 2. The summed E-state index contributed by atoms with van der Waals surface area (Å²) in [5, 5.41) is 3.41. The molecule has 1 aromatic heterocycles. The van der Waals surface area contributed by atoms with Crippen LogP contribution in [0, 0.1) is 5.92 Å². The molecule has 1 N–H and O–H groups in total. The predicted octanol–water partition coefficient (Wildman–Crippen LogP) is 2.68. The number of carbonyl (C=O) groups is 1. The van der Waals surface area contributed by atoms with Crippen molar-refractivity contribution in [2.45, 2.75) is 51.0 Å². The van der Waals surface area contributed by atoms with Crippen LogP contribution in [0.1, 0.15) is 56.8 Å². The summed E-state index contributed by atoms with van der Waals surface area (Å²) in [6.45, 7) is 2.50. The normalized spacial score (nSPS) is 23.7. The quantitative estimate of drug-likeness (QED) is 0.900. The van der Waals surface area contributed by atoms with Gasteiger partial charge >= 0.3 is 0 Å². The third-order valence-corrected chi connectivity index (χ3v) is 5.14. The van der Waals surface area contributed by atoms with Crippen LogP contribution < -0.4 is 5.32 Å². The number of piperazine rings is 1. The molecule has 1 saturated heterocycles. The van der Waals surface area contributed by atoms with E-state index in [4.69, 9.17) is 0 Å². The Morgan fingerprint density at radius 2 is 1.91 bits per heavy atom. The molecule has 1 aromatic rings. The van der Waals surface area contributed by atoms with Gasteiger partial charge in [-0.25, -0.2) is 4.98 Å². The van der Waals surface area contributed by atoms with E-state index in [1.54, 1.807) is 0 Å². The van der Waals surface area contributed by atoms with E-state index in [1.807, 2.05) is 24.0 Å². The molecule has 2 heterocycles. The Balaban J connectivity index is 0.00000192. The Labute approximate surface area is 145 Å². The van der Waals surface area contributed by atoms with E-state index in [-0.39, 0.29) is 24.4 Å². The van der Waals surface area contributed by atoms with Crippen LogP contribution in [0.5, 0.6) is 0 Å². The van der Waals surface area contributed by atoms with Crippen molar-refractivity contribution in [1.82, 2.24) is 19.8 Å². The van der Waals surface area contributed by atoms with E-state index >= 15 is 0 Å². The number of halogens is 1. The average Bonchev–Trinajstić information content (AvgIpc) is 2.92. The van der Waals surface area contributed by atoms with Gasteiger partial charge in [0, 0.05) is 45.0 Å². The van der Waals surface area contributed by atoms with Crippen LogP contribution in [-0.2, 0) is 11.8 Å². The van der Waals surface area contributed by atoms with E-state index < -0.39 is 0 Å². The van der Waals surface area contributed by atoms with E-state index in [2.05, 4.69) is 15.2 Å². The van der Waals surface area contributed by atoms with Crippen LogP contribution in [0.2, 0.25) is 0 Å². The molecule has 0 radical (unpaired) electrons. The highest BCUT2D eigenvalue weighted by Gasteiger charge is 2.33. The lowest BCUT2D eigenvalue weighted by Gasteiger charge is -2.38. The van der Waals surface area contributed by atoms with E-state index in [9.17, 15) is 4.79 Å². The van der Waals surface area contributed by atoms with Gasteiger partial charge in [-0.2, -0.15) is 0 Å². The Kier molecular flexibility index (Phi) is 6.90. The van der Waals surface area contributed by atoms with Crippen molar-refractivity contribution < 1.29 is 4.79 Å². The number of nitrogens with one attached hydrogen (secondary N) is 1. The van der Waals surface area contributed by atoms with Gasteiger partial charge in [0.2, 0.25) is 5.91 Å². The molecule has 0 bridgehead atoms. The second-order valence-corrected chi connectivity index (χ2v) is 6.69. The topological polar surface area (TPSA) is 50.2 Å². The fourth-order valence-electron chi connectivity index (χ4n) is 3.83.